The van der Waals surface area contributed by atoms with Gasteiger partial charge in [0.15, 0.2) is 8.32 Å². The first-order valence-corrected chi connectivity index (χ1v) is 14.6. The van der Waals surface area contributed by atoms with Gasteiger partial charge in [-0.05, 0) is 40.0 Å². The number of fused-ring (bicyclic) bond motifs is 1. The molecule has 0 N–H and O–H groups in total. The highest BCUT2D eigenvalue weighted by Gasteiger charge is 2.41. The Kier molecular flexibility index (Phi) is 6.55. The van der Waals surface area contributed by atoms with E-state index in [0.717, 1.165) is 11.1 Å². The summed E-state index contributed by atoms with van der Waals surface area (Å²) in [5, 5.41) is 2.45. The third-order valence-corrected chi connectivity index (χ3v) is 11.7. The van der Waals surface area contributed by atoms with Gasteiger partial charge in [0.25, 0.3) is 5.91 Å². The molecule has 5 heteroatoms. The van der Waals surface area contributed by atoms with Crippen LogP contribution in [0, 0.1) is 0 Å². The van der Waals surface area contributed by atoms with Crippen molar-refractivity contribution in [3.8, 4) is 0 Å². The number of rotatable bonds is 6. The monoisotopic (exact) mass is 458 g/mol. The summed E-state index contributed by atoms with van der Waals surface area (Å²) >= 11 is 0. The zero-order valence-electron chi connectivity index (χ0n) is 20.3. The van der Waals surface area contributed by atoms with E-state index in [1.807, 2.05) is 23.1 Å². The SMILES string of the molecule is CC(C)(C)[Si](C)(C)OC[C@@H]1[C@@H](c2cccc3ccccc23)N=CC(=O)N1Cc1ccccc1. The van der Waals surface area contributed by atoms with Gasteiger partial charge in [-0.3, -0.25) is 9.79 Å². The van der Waals surface area contributed by atoms with Gasteiger partial charge in [-0.25, -0.2) is 0 Å². The quantitative estimate of drug-likeness (QED) is 0.402. The lowest BCUT2D eigenvalue weighted by Gasteiger charge is -2.42. The molecule has 1 aliphatic rings. The fraction of sp³-hybridized carbons (Fsp3) is 0.357. The summed E-state index contributed by atoms with van der Waals surface area (Å²) in [7, 11) is -2.01. The zero-order chi connectivity index (χ0) is 23.6. The normalized spacial score (nSPS) is 19.3. The molecule has 0 fully saturated rings. The van der Waals surface area contributed by atoms with Gasteiger partial charge in [0.2, 0.25) is 0 Å². The van der Waals surface area contributed by atoms with E-state index in [-0.39, 0.29) is 23.0 Å². The van der Waals surface area contributed by atoms with E-state index >= 15 is 0 Å². The molecule has 0 aromatic heterocycles. The zero-order valence-corrected chi connectivity index (χ0v) is 21.3. The van der Waals surface area contributed by atoms with E-state index < -0.39 is 8.32 Å². The molecule has 0 radical (unpaired) electrons. The van der Waals surface area contributed by atoms with Gasteiger partial charge in [-0.2, -0.15) is 0 Å². The number of aliphatic imine (C=N–C) groups is 1. The molecule has 0 spiro atoms. The number of hydrogen-bond donors (Lipinski definition) is 0. The molecular formula is C28H34N2O2Si. The van der Waals surface area contributed by atoms with Gasteiger partial charge in [-0.1, -0.05) is 93.6 Å². The molecule has 1 amide bonds. The van der Waals surface area contributed by atoms with E-state index in [1.54, 1.807) is 0 Å². The maximum Gasteiger partial charge on any atom is 0.265 e. The molecule has 0 aliphatic carbocycles. The van der Waals surface area contributed by atoms with Crippen LogP contribution in [0.1, 0.15) is 37.9 Å². The molecular weight excluding hydrogens is 424 g/mol. The van der Waals surface area contributed by atoms with Crippen LogP contribution in [-0.2, 0) is 15.8 Å². The summed E-state index contributed by atoms with van der Waals surface area (Å²) in [6.45, 7) is 12.3. The Balaban J connectivity index is 1.75. The maximum absolute atomic E-state index is 13.1. The Hall–Kier alpha value is -2.76. The molecule has 0 bridgehead atoms. The Morgan fingerprint density at radius 3 is 2.33 bits per heavy atom. The van der Waals surface area contributed by atoms with Gasteiger partial charge in [0.1, 0.15) is 0 Å². The summed E-state index contributed by atoms with van der Waals surface area (Å²) < 4.78 is 6.68. The Morgan fingerprint density at radius 1 is 0.939 bits per heavy atom. The van der Waals surface area contributed by atoms with Gasteiger partial charge in [-0.15, -0.1) is 0 Å². The standard InChI is InChI=1S/C28H34N2O2Si/c1-28(2,3)33(4,5)32-20-25-27(24-17-11-15-22-14-9-10-16-23(22)24)29-18-26(31)30(25)19-21-12-7-6-8-13-21/h6-18,25,27H,19-20H2,1-5H3/t25-,27-/m1/s1. The molecule has 3 aromatic rings. The Labute approximate surface area is 198 Å². The fourth-order valence-corrected chi connectivity index (χ4v) is 5.13. The first-order chi connectivity index (χ1) is 15.7. The molecule has 0 saturated heterocycles. The Bertz CT molecular complexity index is 1150. The van der Waals surface area contributed by atoms with Crippen molar-refractivity contribution in [3.63, 3.8) is 0 Å². The summed E-state index contributed by atoms with van der Waals surface area (Å²) in [6, 6.07) is 24.5. The third kappa shape index (κ3) is 4.94. The van der Waals surface area contributed by atoms with Crippen LogP contribution in [0.5, 0.6) is 0 Å². The van der Waals surface area contributed by atoms with Crippen molar-refractivity contribution in [3.05, 3.63) is 83.9 Å². The van der Waals surface area contributed by atoms with Gasteiger partial charge in [0, 0.05) is 6.54 Å². The van der Waals surface area contributed by atoms with Crippen molar-refractivity contribution in [1.29, 1.82) is 0 Å². The van der Waals surface area contributed by atoms with Gasteiger partial charge >= 0.3 is 0 Å². The number of carbonyl (C=O) groups excluding carboxylic acids is 1. The second-order valence-electron chi connectivity index (χ2n) is 10.4. The van der Waals surface area contributed by atoms with Crippen LogP contribution < -0.4 is 0 Å². The minimum atomic E-state index is -2.01. The van der Waals surface area contributed by atoms with Crippen molar-refractivity contribution < 1.29 is 9.22 Å². The van der Waals surface area contributed by atoms with Crippen molar-refractivity contribution in [2.24, 2.45) is 4.99 Å². The second-order valence-corrected chi connectivity index (χ2v) is 15.2. The van der Waals surface area contributed by atoms with Gasteiger partial charge in [0.05, 0.1) is 24.9 Å². The Morgan fingerprint density at radius 2 is 1.61 bits per heavy atom. The molecule has 33 heavy (non-hydrogen) atoms. The predicted octanol–water partition coefficient (Wildman–Crippen LogP) is 6.38. The van der Waals surface area contributed by atoms with E-state index in [2.05, 4.69) is 88.5 Å². The lowest BCUT2D eigenvalue weighted by Crippen LogP contribution is -2.52. The molecule has 0 unspecified atom stereocenters. The van der Waals surface area contributed by atoms with E-state index in [1.165, 1.54) is 17.0 Å². The lowest BCUT2D eigenvalue weighted by atomic mass is 9.92. The highest BCUT2D eigenvalue weighted by atomic mass is 28.4. The van der Waals surface area contributed by atoms with Crippen molar-refractivity contribution in [1.82, 2.24) is 4.90 Å². The van der Waals surface area contributed by atoms with Crippen LogP contribution >= 0.6 is 0 Å². The first-order valence-electron chi connectivity index (χ1n) is 11.7. The third-order valence-electron chi connectivity index (χ3n) is 7.15. The number of hydrogen-bond acceptors (Lipinski definition) is 3. The molecule has 4 rings (SSSR count). The van der Waals surface area contributed by atoms with E-state index in [0.29, 0.717) is 13.2 Å². The number of nitrogens with zero attached hydrogens (tertiary/aromatic N) is 2. The average molecular weight is 459 g/mol. The van der Waals surface area contributed by atoms with Crippen LogP contribution in [0.3, 0.4) is 0 Å². The molecule has 172 valence electrons. The van der Waals surface area contributed by atoms with E-state index in [4.69, 9.17) is 9.42 Å². The van der Waals surface area contributed by atoms with Crippen molar-refractivity contribution in [2.45, 2.75) is 57.5 Å². The minimum absolute atomic E-state index is 0.0563. The smallest absolute Gasteiger partial charge is 0.265 e. The average Bonchev–Trinajstić information content (AvgIpc) is 2.79. The first kappa shape index (κ1) is 23.4. The molecule has 1 heterocycles. The van der Waals surface area contributed by atoms with Crippen molar-refractivity contribution >= 4 is 31.2 Å². The number of benzene rings is 3. The van der Waals surface area contributed by atoms with Crippen LogP contribution in [0.25, 0.3) is 10.8 Å². The largest absolute Gasteiger partial charge is 0.415 e. The minimum Gasteiger partial charge on any atom is -0.415 e. The topological polar surface area (TPSA) is 41.9 Å². The van der Waals surface area contributed by atoms with Crippen LogP contribution in [0.2, 0.25) is 18.1 Å². The predicted molar refractivity (Wildman–Crippen MR) is 139 cm³/mol. The highest BCUT2D eigenvalue weighted by Crippen LogP contribution is 2.39. The number of amides is 1. The lowest BCUT2D eigenvalue weighted by molar-refractivity contribution is -0.128. The summed E-state index contributed by atoms with van der Waals surface area (Å²) in [5.74, 6) is -0.0563. The highest BCUT2D eigenvalue weighted by molar-refractivity contribution is 6.74. The van der Waals surface area contributed by atoms with E-state index in [9.17, 15) is 4.79 Å². The summed E-state index contributed by atoms with van der Waals surface area (Å²) in [6.07, 6.45) is 1.50. The van der Waals surface area contributed by atoms with Crippen LogP contribution in [0.4, 0.5) is 0 Å². The van der Waals surface area contributed by atoms with Crippen LogP contribution in [0.15, 0.2) is 77.8 Å². The fourth-order valence-electron chi connectivity index (χ4n) is 4.11. The molecule has 4 nitrogen and oxygen atoms in total. The van der Waals surface area contributed by atoms with Crippen LogP contribution in [-0.4, -0.2) is 38.0 Å². The molecule has 3 aromatic carbocycles. The molecule has 1 aliphatic heterocycles. The summed E-state index contributed by atoms with van der Waals surface area (Å²) in [5.41, 5.74) is 2.24. The second kappa shape index (κ2) is 9.24. The molecule has 0 saturated carbocycles. The van der Waals surface area contributed by atoms with Crippen molar-refractivity contribution in [2.75, 3.05) is 6.61 Å². The number of carbonyl (C=O) groups is 1. The summed E-state index contributed by atoms with van der Waals surface area (Å²) in [4.78, 5) is 19.8. The molecule has 2 atom stereocenters. The maximum atomic E-state index is 13.1. The van der Waals surface area contributed by atoms with Gasteiger partial charge < -0.3 is 9.33 Å².